The highest BCUT2D eigenvalue weighted by Gasteiger charge is 2.19. The first-order chi connectivity index (χ1) is 7.02. The first-order valence-electron chi connectivity index (χ1n) is 4.16. The molecular weight excluding hydrogens is 262 g/mol. The van der Waals surface area contributed by atoms with Crippen LogP contribution in [0.2, 0.25) is 0 Å². The summed E-state index contributed by atoms with van der Waals surface area (Å²) in [6.45, 7) is 0. The average Bonchev–Trinajstić information content (AvgIpc) is 2.39. The molecule has 0 saturated heterocycles. The van der Waals surface area contributed by atoms with Crippen LogP contribution < -0.4 is 5.73 Å². The van der Waals surface area contributed by atoms with Crippen LogP contribution in [0.5, 0.6) is 0 Å². The minimum atomic E-state index is -1.05. The van der Waals surface area contributed by atoms with E-state index in [0.717, 1.165) is 0 Å². The number of carbonyl (C=O) groups is 1. The van der Waals surface area contributed by atoms with Crippen LogP contribution in [0, 0.1) is 0 Å². The number of hydrogen-bond acceptors (Lipinski definition) is 3. The minimum Gasteiger partial charge on any atom is -0.477 e. The lowest BCUT2D eigenvalue weighted by Gasteiger charge is -1.98. The SMILES string of the molecule is Cn1c(C(=O)O)c(N)c2nc(Br)ccc21. The fourth-order valence-electron chi connectivity index (χ4n) is 1.57. The van der Waals surface area contributed by atoms with E-state index in [-0.39, 0.29) is 11.4 Å². The van der Waals surface area contributed by atoms with Crippen LogP contribution in [-0.4, -0.2) is 20.6 Å². The number of rotatable bonds is 1. The largest absolute Gasteiger partial charge is 0.477 e. The van der Waals surface area contributed by atoms with Gasteiger partial charge >= 0.3 is 5.97 Å². The Kier molecular flexibility index (Phi) is 2.15. The van der Waals surface area contributed by atoms with E-state index < -0.39 is 5.97 Å². The standard InChI is InChI=1S/C9H8BrN3O2/c1-13-4-2-3-5(10)12-7(4)6(11)8(13)9(14)15/h2-3H,11H2,1H3,(H,14,15). The number of carboxylic acids is 1. The van der Waals surface area contributed by atoms with E-state index in [1.54, 1.807) is 19.2 Å². The molecule has 6 heteroatoms. The van der Waals surface area contributed by atoms with Crippen LogP contribution in [0.3, 0.4) is 0 Å². The summed E-state index contributed by atoms with van der Waals surface area (Å²) in [5.74, 6) is -1.05. The molecule has 0 aromatic carbocycles. The Morgan fingerprint density at radius 2 is 2.27 bits per heavy atom. The highest BCUT2D eigenvalue weighted by Crippen LogP contribution is 2.27. The highest BCUT2D eigenvalue weighted by molar-refractivity contribution is 9.10. The Morgan fingerprint density at radius 1 is 1.60 bits per heavy atom. The van der Waals surface area contributed by atoms with Crippen molar-refractivity contribution in [2.24, 2.45) is 7.05 Å². The van der Waals surface area contributed by atoms with Gasteiger partial charge in [0.05, 0.1) is 11.2 Å². The Bertz CT molecular complexity index is 562. The number of aromatic carboxylic acids is 1. The van der Waals surface area contributed by atoms with Crippen LogP contribution in [0.15, 0.2) is 16.7 Å². The van der Waals surface area contributed by atoms with Gasteiger partial charge in [-0.05, 0) is 28.1 Å². The lowest BCUT2D eigenvalue weighted by atomic mass is 10.3. The number of aryl methyl sites for hydroxylation is 1. The number of nitrogen functional groups attached to an aromatic ring is 1. The fraction of sp³-hybridized carbons (Fsp3) is 0.111. The number of halogens is 1. The Hall–Kier alpha value is -1.56. The predicted molar refractivity (Wildman–Crippen MR) is 59.8 cm³/mol. The van der Waals surface area contributed by atoms with Crippen LogP contribution in [-0.2, 0) is 7.05 Å². The summed E-state index contributed by atoms with van der Waals surface area (Å²) in [5, 5.41) is 8.98. The van der Waals surface area contributed by atoms with Gasteiger partial charge < -0.3 is 15.4 Å². The maximum atomic E-state index is 11.0. The van der Waals surface area contributed by atoms with E-state index in [2.05, 4.69) is 20.9 Å². The Labute approximate surface area is 93.6 Å². The van der Waals surface area contributed by atoms with Gasteiger partial charge in [0.25, 0.3) is 0 Å². The van der Waals surface area contributed by atoms with Crippen molar-refractivity contribution in [3.05, 3.63) is 22.4 Å². The van der Waals surface area contributed by atoms with E-state index in [0.29, 0.717) is 15.6 Å². The van der Waals surface area contributed by atoms with Gasteiger partial charge in [0.1, 0.15) is 10.1 Å². The zero-order valence-corrected chi connectivity index (χ0v) is 9.45. The molecule has 2 aromatic rings. The van der Waals surface area contributed by atoms with Gasteiger partial charge in [-0.15, -0.1) is 0 Å². The lowest BCUT2D eigenvalue weighted by molar-refractivity contribution is 0.0688. The number of nitrogens with two attached hydrogens (primary N) is 1. The molecule has 0 aliphatic carbocycles. The van der Waals surface area contributed by atoms with Gasteiger partial charge in [0.2, 0.25) is 0 Å². The number of carboxylic acid groups (broad SMARTS) is 1. The van der Waals surface area contributed by atoms with Gasteiger partial charge in [-0.1, -0.05) is 0 Å². The molecule has 0 spiro atoms. The van der Waals surface area contributed by atoms with Crippen LogP contribution in [0.1, 0.15) is 10.5 Å². The molecule has 0 aliphatic heterocycles. The normalized spacial score (nSPS) is 10.8. The molecule has 0 amide bonds. The fourth-order valence-corrected chi connectivity index (χ4v) is 1.88. The van der Waals surface area contributed by atoms with E-state index in [1.807, 2.05) is 0 Å². The van der Waals surface area contributed by atoms with Gasteiger partial charge in [-0.3, -0.25) is 0 Å². The topological polar surface area (TPSA) is 81.1 Å². The molecule has 0 fully saturated rings. The minimum absolute atomic E-state index is 0.0654. The molecule has 3 N–H and O–H groups in total. The second kappa shape index (κ2) is 3.23. The molecule has 0 atom stereocenters. The highest BCUT2D eigenvalue weighted by atomic mass is 79.9. The van der Waals surface area contributed by atoms with E-state index in [4.69, 9.17) is 10.8 Å². The molecule has 15 heavy (non-hydrogen) atoms. The quantitative estimate of drug-likeness (QED) is 0.771. The monoisotopic (exact) mass is 269 g/mol. The molecule has 2 aromatic heterocycles. The summed E-state index contributed by atoms with van der Waals surface area (Å²) in [4.78, 5) is 15.1. The summed E-state index contributed by atoms with van der Waals surface area (Å²) >= 11 is 3.21. The van der Waals surface area contributed by atoms with Crippen molar-refractivity contribution < 1.29 is 9.90 Å². The van der Waals surface area contributed by atoms with Gasteiger partial charge in [-0.2, -0.15) is 0 Å². The van der Waals surface area contributed by atoms with Gasteiger partial charge in [0, 0.05) is 7.05 Å². The number of anilines is 1. The average molecular weight is 270 g/mol. The second-order valence-electron chi connectivity index (χ2n) is 3.13. The number of nitrogens with zero attached hydrogens (tertiary/aromatic N) is 2. The summed E-state index contributed by atoms with van der Waals surface area (Å²) in [6, 6.07) is 3.52. The molecule has 2 heterocycles. The molecule has 0 aliphatic rings. The third kappa shape index (κ3) is 1.37. The lowest BCUT2D eigenvalue weighted by Crippen LogP contribution is -2.06. The maximum absolute atomic E-state index is 11.0. The first-order valence-corrected chi connectivity index (χ1v) is 4.95. The van der Waals surface area contributed by atoms with Crippen LogP contribution >= 0.6 is 15.9 Å². The summed E-state index contributed by atoms with van der Waals surface area (Å²) in [6.07, 6.45) is 0. The molecule has 0 radical (unpaired) electrons. The smallest absolute Gasteiger partial charge is 0.354 e. The van der Waals surface area contributed by atoms with Crippen molar-refractivity contribution in [3.8, 4) is 0 Å². The van der Waals surface area contributed by atoms with E-state index >= 15 is 0 Å². The van der Waals surface area contributed by atoms with Crippen LogP contribution in [0.25, 0.3) is 11.0 Å². The van der Waals surface area contributed by atoms with Crippen molar-refractivity contribution >= 4 is 38.6 Å². The third-order valence-corrected chi connectivity index (χ3v) is 2.69. The van der Waals surface area contributed by atoms with Gasteiger partial charge in [0.15, 0.2) is 5.69 Å². The van der Waals surface area contributed by atoms with Crippen LogP contribution in [0.4, 0.5) is 5.69 Å². The van der Waals surface area contributed by atoms with Crippen molar-refractivity contribution in [1.82, 2.24) is 9.55 Å². The zero-order chi connectivity index (χ0) is 11.2. The number of pyridine rings is 1. The molecule has 0 unspecified atom stereocenters. The number of fused-ring (bicyclic) bond motifs is 1. The number of aromatic nitrogens is 2. The first kappa shape index (κ1) is 9.97. The predicted octanol–water partition coefficient (Wildman–Crippen LogP) is 1.62. The molecule has 0 bridgehead atoms. The maximum Gasteiger partial charge on any atom is 0.354 e. The van der Waals surface area contributed by atoms with Crippen molar-refractivity contribution in [1.29, 1.82) is 0 Å². The summed E-state index contributed by atoms with van der Waals surface area (Å²) in [5.41, 5.74) is 7.19. The third-order valence-electron chi connectivity index (χ3n) is 2.25. The van der Waals surface area contributed by atoms with E-state index in [9.17, 15) is 4.79 Å². The van der Waals surface area contributed by atoms with Crippen molar-refractivity contribution in [2.75, 3.05) is 5.73 Å². The number of hydrogen-bond donors (Lipinski definition) is 2. The summed E-state index contributed by atoms with van der Waals surface area (Å²) < 4.78 is 2.15. The molecular formula is C9H8BrN3O2. The van der Waals surface area contributed by atoms with Gasteiger partial charge in [-0.25, -0.2) is 9.78 Å². The summed E-state index contributed by atoms with van der Waals surface area (Å²) in [7, 11) is 1.65. The van der Waals surface area contributed by atoms with Crippen molar-refractivity contribution in [2.45, 2.75) is 0 Å². The Morgan fingerprint density at radius 3 is 2.87 bits per heavy atom. The second-order valence-corrected chi connectivity index (χ2v) is 3.94. The molecule has 78 valence electrons. The molecule has 0 saturated carbocycles. The molecule has 2 rings (SSSR count). The molecule has 5 nitrogen and oxygen atoms in total. The van der Waals surface area contributed by atoms with E-state index in [1.165, 1.54) is 4.57 Å². The van der Waals surface area contributed by atoms with Crippen molar-refractivity contribution in [3.63, 3.8) is 0 Å². The Balaban J connectivity index is 2.91. The zero-order valence-electron chi connectivity index (χ0n) is 7.86.